The van der Waals surface area contributed by atoms with E-state index in [1.165, 1.54) is 41.8 Å². The third-order valence-electron chi connectivity index (χ3n) is 2.48. The van der Waals surface area contributed by atoms with Crippen molar-refractivity contribution >= 4 is 23.2 Å². The van der Waals surface area contributed by atoms with Crippen LogP contribution in [0.5, 0.6) is 0 Å². The second-order valence-electron chi connectivity index (χ2n) is 3.89. The van der Waals surface area contributed by atoms with Gasteiger partial charge in [0.1, 0.15) is 10.7 Å². The summed E-state index contributed by atoms with van der Waals surface area (Å²) in [5.41, 5.74) is 4.80. The average molecular weight is 293 g/mol. The maximum atomic E-state index is 12.7. The zero-order valence-electron chi connectivity index (χ0n) is 10.6. The Morgan fingerprint density at radius 1 is 1.20 bits per heavy atom. The molecular weight excluding hydrogens is 281 g/mol. The van der Waals surface area contributed by atoms with E-state index in [1.807, 2.05) is 6.92 Å². The lowest BCUT2D eigenvalue weighted by Gasteiger charge is -2.05. The number of aryl methyl sites for hydroxylation is 1. The molecule has 104 valence electrons. The molecule has 0 saturated heterocycles. The number of carbonyl (C=O) groups is 2. The molecule has 7 heteroatoms. The molecule has 0 radical (unpaired) electrons. The molecule has 2 rings (SSSR count). The zero-order valence-corrected chi connectivity index (χ0v) is 11.5. The van der Waals surface area contributed by atoms with Gasteiger partial charge >= 0.3 is 0 Å². The van der Waals surface area contributed by atoms with Crippen molar-refractivity contribution in [3.63, 3.8) is 0 Å². The monoisotopic (exact) mass is 293 g/mol. The van der Waals surface area contributed by atoms with E-state index in [4.69, 9.17) is 0 Å². The maximum Gasteiger partial charge on any atom is 0.281 e. The third kappa shape index (κ3) is 3.39. The molecule has 0 aliphatic carbocycles. The predicted molar refractivity (Wildman–Crippen MR) is 72.8 cm³/mol. The first-order valence-corrected chi connectivity index (χ1v) is 6.72. The Hall–Kier alpha value is -2.28. The summed E-state index contributed by atoms with van der Waals surface area (Å²) in [5, 5.41) is 0.847. The molecule has 1 heterocycles. The first kappa shape index (κ1) is 14.1. The Labute approximate surface area is 118 Å². The van der Waals surface area contributed by atoms with Gasteiger partial charge in [-0.1, -0.05) is 6.92 Å². The molecule has 0 fully saturated rings. The molecule has 5 nitrogen and oxygen atoms in total. The minimum absolute atomic E-state index is 0.255. The smallest absolute Gasteiger partial charge is 0.267 e. The normalized spacial score (nSPS) is 10.1. The minimum Gasteiger partial charge on any atom is -0.267 e. The first-order valence-electron chi connectivity index (χ1n) is 5.91. The number of hydrogen-bond donors (Lipinski definition) is 2. The molecule has 0 spiro atoms. The van der Waals surface area contributed by atoms with Crippen LogP contribution in [0.2, 0.25) is 0 Å². The van der Waals surface area contributed by atoms with Crippen molar-refractivity contribution in [1.82, 2.24) is 15.8 Å². The highest BCUT2D eigenvalue weighted by molar-refractivity contribution is 7.13. The Morgan fingerprint density at radius 3 is 2.45 bits per heavy atom. The average Bonchev–Trinajstić information content (AvgIpc) is 2.94. The van der Waals surface area contributed by atoms with Crippen LogP contribution in [-0.4, -0.2) is 16.8 Å². The second kappa shape index (κ2) is 6.25. The largest absolute Gasteiger partial charge is 0.281 e. The molecule has 2 amide bonds. The van der Waals surface area contributed by atoms with Crippen LogP contribution in [0.4, 0.5) is 4.39 Å². The molecule has 0 saturated carbocycles. The van der Waals surface area contributed by atoms with Crippen LogP contribution in [-0.2, 0) is 6.42 Å². The number of carbonyl (C=O) groups excluding carboxylic acids is 2. The van der Waals surface area contributed by atoms with Gasteiger partial charge in [-0.2, -0.15) is 0 Å². The Balaban J connectivity index is 1.93. The minimum atomic E-state index is -0.515. The first-order chi connectivity index (χ1) is 9.60. The fourth-order valence-electron chi connectivity index (χ4n) is 1.43. The van der Waals surface area contributed by atoms with Gasteiger partial charge < -0.3 is 0 Å². The number of hydrazine groups is 1. The summed E-state index contributed by atoms with van der Waals surface area (Å²) in [5.74, 6) is -1.38. The van der Waals surface area contributed by atoms with Crippen LogP contribution in [0.3, 0.4) is 0 Å². The van der Waals surface area contributed by atoms with Gasteiger partial charge in [0, 0.05) is 5.56 Å². The topological polar surface area (TPSA) is 71.1 Å². The van der Waals surface area contributed by atoms with Gasteiger partial charge in [0.25, 0.3) is 11.8 Å². The molecule has 1 aromatic heterocycles. The Bertz CT molecular complexity index is 625. The fraction of sp³-hybridized carbons (Fsp3) is 0.154. The van der Waals surface area contributed by atoms with Crippen molar-refractivity contribution in [3.8, 4) is 0 Å². The van der Waals surface area contributed by atoms with Crippen LogP contribution < -0.4 is 10.9 Å². The summed E-state index contributed by atoms with van der Waals surface area (Å²) >= 11 is 1.27. The number of nitrogens with zero attached hydrogens (tertiary/aromatic N) is 1. The van der Waals surface area contributed by atoms with Gasteiger partial charge in [0.05, 0.1) is 11.2 Å². The van der Waals surface area contributed by atoms with Gasteiger partial charge in [-0.25, -0.2) is 9.37 Å². The lowest BCUT2D eigenvalue weighted by molar-refractivity contribution is 0.0848. The number of rotatable bonds is 3. The molecule has 1 aromatic carbocycles. The number of thiazole rings is 1. The van der Waals surface area contributed by atoms with Crippen molar-refractivity contribution in [2.75, 3.05) is 0 Å². The summed E-state index contributed by atoms with van der Waals surface area (Å²) in [7, 11) is 0. The van der Waals surface area contributed by atoms with Crippen molar-refractivity contribution in [1.29, 1.82) is 0 Å². The van der Waals surface area contributed by atoms with Crippen molar-refractivity contribution in [3.05, 3.63) is 51.7 Å². The number of nitrogens with one attached hydrogen (secondary N) is 2. The highest BCUT2D eigenvalue weighted by Gasteiger charge is 2.11. The molecule has 0 aliphatic heterocycles. The van der Waals surface area contributed by atoms with Crippen molar-refractivity contribution < 1.29 is 14.0 Å². The third-order valence-corrected chi connectivity index (χ3v) is 3.62. The van der Waals surface area contributed by atoms with Crippen LogP contribution in [0.25, 0.3) is 0 Å². The van der Waals surface area contributed by atoms with Gasteiger partial charge in [-0.15, -0.1) is 11.3 Å². The van der Waals surface area contributed by atoms with Gasteiger partial charge in [-0.3, -0.25) is 20.4 Å². The number of aromatic nitrogens is 1. The highest BCUT2D eigenvalue weighted by Crippen LogP contribution is 2.12. The van der Waals surface area contributed by atoms with Crippen LogP contribution >= 0.6 is 11.3 Å². The molecule has 0 atom stereocenters. The molecule has 20 heavy (non-hydrogen) atoms. The van der Waals surface area contributed by atoms with E-state index in [1.54, 1.807) is 0 Å². The lowest BCUT2D eigenvalue weighted by atomic mass is 10.2. The Kier molecular flexibility index (Phi) is 4.41. The molecule has 2 N–H and O–H groups in total. The second-order valence-corrected chi connectivity index (χ2v) is 5.00. The van der Waals surface area contributed by atoms with E-state index >= 15 is 0 Å². The Morgan fingerprint density at radius 2 is 1.85 bits per heavy atom. The number of benzene rings is 1. The van der Waals surface area contributed by atoms with Gasteiger partial charge in [-0.05, 0) is 30.7 Å². The van der Waals surface area contributed by atoms with Crippen LogP contribution in [0.15, 0.2) is 30.5 Å². The number of hydrogen-bond acceptors (Lipinski definition) is 4. The molecule has 0 unspecified atom stereocenters. The van der Waals surface area contributed by atoms with Crippen molar-refractivity contribution in [2.45, 2.75) is 13.3 Å². The summed E-state index contributed by atoms with van der Waals surface area (Å²) in [6, 6.07) is 5.01. The summed E-state index contributed by atoms with van der Waals surface area (Å²) in [6.45, 7) is 1.94. The van der Waals surface area contributed by atoms with E-state index in [9.17, 15) is 14.0 Å². The van der Waals surface area contributed by atoms with E-state index in [0.29, 0.717) is 4.88 Å². The lowest BCUT2D eigenvalue weighted by Crippen LogP contribution is -2.41. The van der Waals surface area contributed by atoms with Crippen molar-refractivity contribution in [2.24, 2.45) is 0 Å². The predicted octanol–water partition coefficient (Wildman–Crippen LogP) is 1.92. The summed E-state index contributed by atoms with van der Waals surface area (Å²) in [4.78, 5) is 27.9. The van der Waals surface area contributed by atoms with Crippen LogP contribution in [0.1, 0.15) is 32.0 Å². The molecule has 2 aromatic rings. The molecular formula is C13H12FN3O2S. The summed E-state index contributed by atoms with van der Waals surface area (Å²) < 4.78 is 12.7. The number of halogens is 1. The van der Waals surface area contributed by atoms with Gasteiger partial charge in [0.2, 0.25) is 0 Å². The standard InChI is InChI=1S/C13H12FN3O2S/c1-2-11-15-7-10(20-11)13(19)17-16-12(18)8-3-5-9(14)6-4-8/h3-7H,2H2,1H3,(H,16,18)(H,17,19). The van der Waals surface area contributed by atoms with E-state index in [-0.39, 0.29) is 5.56 Å². The highest BCUT2D eigenvalue weighted by atomic mass is 32.1. The summed E-state index contributed by atoms with van der Waals surface area (Å²) in [6.07, 6.45) is 2.21. The molecule has 0 aliphatic rings. The molecule has 0 bridgehead atoms. The van der Waals surface area contributed by atoms with E-state index in [2.05, 4.69) is 15.8 Å². The van der Waals surface area contributed by atoms with Crippen LogP contribution in [0, 0.1) is 5.82 Å². The van der Waals surface area contributed by atoms with Gasteiger partial charge in [0.15, 0.2) is 0 Å². The SMILES string of the molecule is CCc1ncc(C(=O)NNC(=O)c2ccc(F)cc2)s1. The zero-order chi connectivity index (χ0) is 14.5. The maximum absolute atomic E-state index is 12.7. The number of amides is 2. The quantitative estimate of drug-likeness (QED) is 0.849. The fourth-order valence-corrected chi connectivity index (χ4v) is 2.18. The van der Waals surface area contributed by atoms with E-state index in [0.717, 1.165) is 11.4 Å². The van der Waals surface area contributed by atoms with E-state index < -0.39 is 17.6 Å².